The van der Waals surface area contributed by atoms with Crippen LogP contribution < -0.4 is 0 Å². The van der Waals surface area contributed by atoms with Gasteiger partial charge in [0.1, 0.15) is 6.04 Å². The van der Waals surface area contributed by atoms with Crippen LogP contribution in [0.15, 0.2) is 24.3 Å². The third kappa shape index (κ3) is 2.69. The Balaban J connectivity index is 2.29. The van der Waals surface area contributed by atoms with Crippen LogP contribution in [-0.2, 0) is 19.1 Å². The van der Waals surface area contributed by atoms with Gasteiger partial charge in [-0.3, -0.25) is 19.3 Å². The zero-order valence-corrected chi connectivity index (χ0v) is 12.2. The molecule has 0 radical (unpaired) electrons. The maximum atomic E-state index is 12.4. The topological polar surface area (TPSA) is 90.0 Å². The molecule has 1 aliphatic rings. The lowest BCUT2D eigenvalue weighted by atomic mass is 10.1. The van der Waals surface area contributed by atoms with Crippen molar-refractivity contribution in [3.63, 3.8) is 0 Å². The van der Waals surface area contributed by atoms with Crippen molar-refractivity contribution < 1.29 is 28.7 Å². The van der Waals surface area contributed by atoms with Gasteiger partial charge in [-0.05, 0) is 18.6 Å². The van der Waals surface area contributed by atoms with Crippen LogP contribution in [0.3, 0.4) is 0 Å². The monoisotopic (exact) mass is 305 g/mol. The lowest BCUT2D eigenvalue weighted by molar-refractivity contribution is -0.146. The second kappa shape index (κ2) is 6.38. The van der Waals surface area contributed by atoms with Gasteiger partial charge in [-0.15, -0.1) is 0 Å². The highest BCUT2D eigenvalue weighted by molar-refractivity contribution is 6.22. The van der Waals surface area contributed by atoms with Gasteiger partial charge >= 0.3 is 11.9 Å². The van der Waals surface area contributed by atoms with E-state index in [0.29, 0.717) is 0 Å². The van der Waals surface area contributed by atoms with Crippen molar-refractivity contribution in [3.05, 3.63) is 35.4 Å². The zero-order chi connectivity index (χ0) is 16.3. The molecule has 0 saturated heterocycles. The average Bonchev–Trinajstić information content (AvgIpc) is 2.79. The summed E-state index contributed by atoms with van der Waals surface area (Å²) in [5, 5.41) is 0. The SMILES string of the molecule is COC(=O)CCC(C(=O)OC)N1C(=O)c2ccccc2C1=O. The van der Waals surface area contributed by atoms with E-state index in [0.717, 1.165) is 12.0 Å². The predicted molar refractivity (Wildman–Crippen MR) is 74.0 cm³/mol. The molecule has 0 N–H and O–H groups in total. The smallest absolute Gasteiger partial charge is 0.329 e. The summed E-state index contributed by atoms with van der Waals surface area (Å²) in [6.07, 6.45) is -0.158. The van der Waals surface area contributed by atoms with Crippen LogP contribution >= 0.6 is 0 Å². The third-order valence-electron chi connectivity index (χ3n) is 3.46. The van der Waals surface area contributed by atoms with Crippen LogP contribution in [0.2, 0.25) is 0 Å². The Morgan fingerprint density at radius 3 is 2.05 bits per heavy atom. The van der Waals surface area contributed by atoms with Gasteiger partial charge in [-0.25, -0.2) is 4.79 Å². The highest BCUT2D eigenvalue weighted by Gasteiger charge is 2.43. The Morgan fingerprint density at radius 1 is 1.05 bits per heavy atom. The van der Waals surface area contributed by atoms with E-state index in [2.05, 4.69) is 9.47 Å². The molecule has 0 fully saturated rings. The summed E-state index contributed by atoms with van der Waals surface area (Å²) >= 11 is 0. The highest BCUT2D eigenvalue weighted by Crippen LogP contribution is 2.26. The van der Waals surface area contributed by atoms with E-state index in [9.17, 15) is 19.2 Å². The zero-order valence-electron chi connectivity index (χ0n) is 12.2. The molecule has 2 rings (SSSR count). The number of imide groups is 1. The van der Waals surface area contributed by atoms with Gasteiger partial charge in [0.15, 0.2) is 0 Å². The van der Waals surface area contributed by atoms with Crippen LogP contribution in [-0.4, -0.2) is 48.9 Å². The largest absolute Gasteiger partial charge is 0.469 e. The number of benzene rings is 1. The molecule has 0 bridgehead atoms. The normalized spacial score (nSPS) is 14.5. The number of fused-ring (bicyclic) bond motifs is 1. The molecule has 7 heteroatoms. The van der Waals surface area contributed by atoms with Crippen molar-refractivity contribution in [3.8, 4) is 0 Å². The van der Waals surface area contributed by atoms with Crippen LogP contribution in [0.25, 0.3) is 0 Å². The third-order valence-corrected chi connectivity index (χ3v) is 3.46. The molecule has 2 amide bonds. The molecule has 1 atom stereocenters. The summed E-state index contributed by atoms with van der Waals surface area (Å²) in [4.78, 5) is 48.8. The van der Waals surface area contributed by atoms with Crippen LogP contribution in [0.1, 0.15) is 33.6 Å². The molecule has 0 saturated carbocycles. The fourth-order valence-electron chi connectivity index (χ4n) is 2.34. The first-order valence-electron chi connectivity index (χ1n) is 6.62. The van der Waals surface area contributed by atoms with Crippen molar-refractivity contribution in [1.82, 2.24) is 4.90 Å². The van der Waals surface area contributed by atoms with Gasteiger partial charge in [-0.2, -0.15) is 0 Å². The number of hydrogen-bond acceptors (Lipinski definition) is 6. The molecule has 22 heavy (non-hydrogen) atoms. The Hall–Kier alpha value is -2.70. The lowest BCUT2D eigenvalue weighted by Crippen LogP contribution is -2.45. The van der Waals surface area contributed by atoms with Crippen LogP contribution in [0.5, 0.6) is 0 Å². The Morgan fingerprint density at radius 2 is 1.59 bits per heavy atom. The molecule has 1 unspecified atom stereocenters. The second-order valence-electron chi connectivity index (χ2n) is 4.68. The molecular formula is C15H15NO6. The Labute approximate surface area is 126 Å². The average molecular weight is 305 g/mol. The van der Waals surface area contributed by atoms with Crippen molar-refractivity contribution in [1.29, 1.82) is 0 Å². The van der Waals surface area contributed by atoms with Gasteiger partial charge in [-0.1, -0.05) is 12.1 Å². The fraction of sp³-hybridized carbons (Fsp3) is 0.333. The molecule has 7 nitrogen and oxygen atoms in total. The predicted octanol–water partition coefficient (Wildman–Crippen LogP) is 0.777. The number of amides is 2. The number of esters is 2. The summed E-state index contributed by atoms with van der Waals surface area (Å²) in [5.41, 5.74) is 0.471. The summed E-state index contributed by atoms with van der Waals surface area (Å²) < 4.78 is 9.16. The molecule has 0 aromatic heterocycles. The van der Waals surface area contributed by atoms with Crippen molar-refractivity contribution in [2.75, 3.05) is 14.2 Å². The molecule has 1 aromatic carbocycles. The Bertz CT molecular complexity index is 604. The molecule has 0 spiro atoms. The lowest BCUT2D eigenvalue weighted by Gasteiger charge is -2.23. The maximum Gasteiger partial charge on any atom is 0.329 e. The molecule has 1 aliphatic heterocycles. The molecule has 1 heterocycles. The van der Waals surface area contributed by atoms with Gasteiger partial charge in [0.25, 0.3) is 11.8 Å². The number of methoxy groups -OCH3 is 2. The number of hydrogen-bond donors (Lipinski definition) is 0. The minimum absolute atomic E-state index is 0.0508. The van der Waals surface area contributed by atoms with Gasteiger partial charge in [0.05, 0.1) is 25.3 Å². The van der Waals surface area contributed by atoms with E-state index in [-0.39, 0.29) is 24.0 Å². The minimum Gasteiger partial charge on any atom is -0.469 e. The molecular weight excluding hydrogens is 290 g/mol. The number of carbonyl (C=O) groups is 4. The minimum atomic E-state index is -1.16. The van der Waals surface area contributed by atoms with E-state index in [1.807, 2.05) is 0 Å². The second-order valence-corrected chi connectivity index (χ2v) is 4.68. The first-order chi connectivity index (χ1) is 10.5. The fourth-order valence-corrected chi connectivity index (χ4v) is 2.34. The maximum absolute atomic E-state index is 12.4. The number of ether oxygens (including phenoxy) is 2. The van der Waals surface area contributed by atoms with E-state index < -0.39 is 29.8 Å². The first-order valence-corrected chi connectivity index (χ1v) is 6.62. The quantitative estimate of drug-likeness (QED) is 0.590. The number of rotatable bonds is 5. The highest BCUT2D eigenvalue weighted by atomic mass is 16.5. The van der Waals surface area contributed by atoms with E-state index >= 15 is 0 Å². The van der Waals surface area contributed by atoms with Crippen LogP contribution in [0, 0.1) is 0 Å². The molecule has 116 valence electrons. The number of carbonyl (C=O) groups excluding carboxylic acids is 4. The summed E-state index contributed by atoms with van der Waals surface area (Å²) in [7, 11) is 2.38. The van der Waals surface area contributed by atoms with Gasteiger partial charge in [0.2, 0.25) is 0 Å². The van der Waals surface area contributed by atoms with Gasteiger partial charge in [0, 0.05) is 6.42 Å². The Kier molecular flexibility index (Phi) is 4.55. The van der Waals surface area contributed by atoms with E-state index in [4.69, 9.17) is 0 Å². The molecule has 0 aliphatic carbocycles. The standard InChI is InChI=1S/C15H15NO6/c1-21-12(17)8-7-11(15(20)22-2)16-13(18)9-5-3-4-6-10(9)14(16)19/h3-6,11H,7-8H2,1-2H3. The summed E-state index contributed by atoms with van der Waals surface area (Å²) in [5.74, 6) is -2.43. The van der Waals surface area contributed by atoms with Crippen LogP contribution in [0.4, 0.5) is 0 Å². The molecule has 1 aromatic rings. The van der Waals surface area contributed by atoms with E-state index in [1.165, 1.54) is 19.2 Å². The summed E-state index contributed by atoms with van der Waals surface area (Å²) in [6, 6.07) is 5.15. The number of nitrogens with zero attached hydrogens (tertiary/aromatic N) is 1. The van der Waals surface area contributed by atoms with Gasteiger partial charge < -0.3 is 9.47 Å². The van der Waals surface area contributed by atoms with Crippen molar-refractivity contribution in [2.24, 2.45) is 0 Å². The first kappa shape index (κ1) is 15.7. The summed E-state index contributed by atoms with van der Waals surface area (Å²) in [6.45, 7) is 0. The van der Waals surface area contributed by atoms with E-state index in [1.54, 1.807) is 12.1 Å². The van der Waals surface area contributed by atoms with Crippen molar-refractivity contribution >= 4 is 23.8 Å². The van der Waals surface area contributed by atoms with Crippen molar-refractivity contribution in [2.45, 2.75) is 18.9 Å².